The Hall–Kier alpha value is 0.310. The summed E-state index contributed by atoms with van der Waals surface area (Å²) in [5.74, 6) is 3.51. The van der Waals surface area contributed by atoms with Gasteiger partial charge in [0.2, 0.25) is 0 Å². The van der Waals surface area contributed by atoms with Gasteiger partial charge >= 0.3 is 0 Å². The Balaban J connectivity index is 1.99. The third-order valence-corrected chi connectivity index (χ3v) is 3.95. The van der Waals surface area contributed by atoms with Crippen molar-refractivity contribution < 1.29 is 0 Å². The Labute approximate surface area is 93.4 Å². The van der Waals surface area contributed by atoms with Crippen LogP contribution in [0.2, 0.25) is 0 Å². The maximum absolute atomic E-state index is 3.61. The molecule has 1 aliphatic heterocycles. The van der Waals surface area contributed by atoms with Gasteiger partial charge in [0.25, 0.3) is 0 Å². The highest BCUT2D eigenvalue weighted by atomic mass is 32.2. The first-order valence-corrected chi connectivity index (χ1v) is 6.94. The van der Waals surface area contributed by atoms with E-state index < -0.39 is 0 Å². The topological polar surface area (TPSA) is 12.0 Å². The van der Waals surface area contributed by atoms with Gasteiger partial charge in [-0.25, -0.2) is 0 Å². The molecule has 0 bridgehead atoms. The lowest BCUT2D eigenvalue weighted by atomic mass is 9.84. The van der Waals surface area contributed by atoms with E-state index in [-0.39, 0.29) is 0 Å². The highest BCUT2D eigenvalue weighted by molar-refractivity contribution is 8.00. The second-order valence-corrected chi connectivity index (χ2v) is 6.92. The highest BCUT2D eigenvalue weighted by Crippen LogP contribution is 2.25. The smallest absolute Gasteiger partial charge is 0.0248 e. The normalized spacial score (nSPS) is 20.6. The molecule has 1 unspecified atom stereocenters. The summed E-state index contributed by atoms with van der Waals surface area (Å²) < 4.78 is 0. The van der Waals surface area contributed by atoms with Gasteiger partial charge in [0.15, 0.2) is 0 Å². The molecule has 1 rings (SSSR count). The van der Waals surface area contributed by atoms with Gasteiger partial charge in [-0.1, -0.05) is 27.7 Å². The molecule has 0 aliphatic carbocycles. The molecule has 1 aliphatic rings. The predicted molar refractivity (Wildman–Crippen MR) is 67.0 cm³/mol. The van der Waals surface area contributed by atoms with Crippen LogP contribution in [0.1, 0.15) is 40.5 Å². The van der Waals surface area contributed by atoms with Gasteiger partial charge in [0.1, 0.15) is 0 Å². The van der Waals surface area contributed by atoms with E-state index in [1.165, 1.54) is 30.9 Å². The highest BCUT2D eigenvalue weighted by Gasteiger charge is 2.18. The van der Waals surface area contributed by atoms with Crippen LogP contribution in [0.25, 0.3) is 0 Å². The zero-order valence-corrected chi connectivity index (χ0v) is 10.9. The molecule has 2 heteroatoms. The lowest BCUT2D eigenvalue weighted by Crippen LogP contribution is -2.41. The van der Waals surface area contributed by atoms with Crippen LogP contribution in [0.3, 0.4) is 0 Å². The van der Waals surface area contributed by atoms with Crippen LogP contribution in [0.4, 0.5) is 0 Å². The minimum Gasteiger partial charge on any atom is -0.312 e. The lowest BCUT2D eigenvalue weighted by molar-refractivity contribution is 0.293. The van der Waals surface area contributed by atoms with Crippen LogP contribution in [0.5, 0.6) is 0 Å². The Morgan fingerprint density at radius 2 is 2.00 bits per heavy atom. The van der Waals surface area contributed by atoms with E-state index in [9.17, 15) is 0 Å². The molecule has 14 heavy (non-hydrogen) atoms. The van der Waals surface area contributed by atoms with Crippen LogP contribution in [0, 0.1) is 11.3 Å². The number of thioether (sulfide) groups is 1. The summed E-state index contributed by atoms with van der Waals surface area (Å²) in [7, 11) is 0. The van der Waals surface area contributed by atoms with Crippen molar-refractivity contribution in [1.82, 2.24) is 5.32 Å². The van der Waals surface area contributed by atoms with E-state index >= 15 is 0 Å². The first kappa shape index (κ1) is 12.4. The summed E-state index contributed by atoms with van der Waals surface area (Å²) in [6.45, 7) is 10.6. The van der Waals surface area contributed by atoms with Crippen molar-refractivity contribution in [3.63, 3.8) is 0 Å². The molecule has 0 saturated carbocycles. The van der Waals surface area contributed by atoms with Crippen LogP contribution < -0.4 is 5.32 Å². The van der Waals surface area contributed by atoms with Gasteiger partial charge in [-0.2, -0.15) is 11.8 Å². The molecule has 0 aromatic rings. The van der Waals surface area contributed by atoms with Gasteiger partial charge in [-0.05, 0) is 30.7 Å². The molecule has 0 aromatic heterocycles. The maximum Gasteiger partial charge on any atom is 0.0248 e. The molecule has 1 nitrogen and oxygen atoms in total. The third-order valence-electron chi connectivity index (χ3n) is 2.67. The van der Waals surface area contributed by atoms with E-state index in [0.717, 1.165) is 12.0 Å². The minimum absolute atomic E-state index is 0.492. The summed E-state index contributed by atoms with van der Waals surface area (Å²) in [6, 6.07) is 0.821. The van der Waals surface area contributed by atoms with E-state index in [0.29, 0.717) is 5.41 Å². The lowest BCUT2D eigenvalue weighted by Gasteiger charge is -2.28. The second-order valence-electron chi connectivity index (χ2n) is 5.85. The summed E-state index contributed by atoms with van der Waals surface area (Å²) in [4.78, 5) is 0. The molecule has 1 atom stereocenters. The Kier molecular flexibility index (Phi) is 4.78. The molecule has 0 spiro atoms. The number of hydrogen-bond donors (Lipinski definition) is 1. The van der Waals surface area contributed by atoms with E-state index in [1.807, 2.05) is 0 Å². The number of hydrogen-bond acceptors (Lipinski definition) is 2. The molecule has 0 aromatic carbocycles. The van der Waals surface area contributed by atoms with E-state index in [2.05, 4.69) is 44.8 Å². The van der Waals surface area contributed by atoms with Gasteiger partial charge in [-0.15, -0.1) is 0 Å². The Morgan fingerprint density at radius 3 is 2.43 bits per heavy atom. The molecule has 1 saturated heterocycles. The fourth-order valence-electron chi connectivity index (χ4n) is 2.03. The summed E-state index contributed by atoms with van der Waals surface area (Å²) in [5, 5.41) is 3.61. The molecular weight excluding hydrogens is 190 g/mol. The first-order chi connectivity index (χ1) is 6.47. The van der Waals surface area contributed by atoms with Crippen molar-refractivity contribution in [3.05, 3.63) is 0 Å². The molecule has 0 amide bonds. The minimum atomic E-state index is 0.492. The Bertz CT molecular complexity index is 158. The maximum atomic E-state index is 3.61. The SMILES string of the molecule is CC(CCNC1CSC1)CC(C)(C)C. The average molecular weight is 215 g/mol. The summed E-state index contributed by atoms with van der Waals surface area (Å²) in [6.07, 6.45) is 2.67. The molecular formula is C12H25NS. The standard InChI is InChI=1S/C12H25NS/c1-10(7-12(2,3)4)5-6-13-11-8-14-9-11/h10-11,13H,5-9H2,1-4H3. The van der Waals surface area contributed by atoms with Gasteiger partial charge in [-0.3, -0.25) is 0 Å². The van der Waals surface area contributed by atoms with Gasteiger partial charge in [0.05, 0.1) is 0 Å². The van der Waals surface area contributed by atoms with E-state index in [1.54, 1.807) is 0 Å². The largest absolute Gasteiger partial charge is 0.312 e. The van der Waals surface area contributed by atoms with Crippen LogP contribution in [-0.4, -0.2) is 24.1 Å². The fraction of sp³-hybridized carbons (Fsp3) is 1.00. The van der Waals surface area contributed by atoms with Crippen LogP contribution in [0.15, 0.2) is 0 Å². The molecule has 84 valence electrons. The average Bonchev–Trinajstić information content (AvgIpc) is 1.90. The van der Waals surface area contributed by atoms with Crippen molar-refractivity contribution >= 4 is 11.8 Å². The van der Waals surface area contributed by atoms with Crippen molar-refractivity contribution in [1.29, 1.82) is 0 Å². The quantitative estimate of drug-likeness (QED) is 0.756. The molecule has 1 heterocycles. The number of nitrogens with one attached hydrogen (secondary N) is 1. The van der Waals surface area contributed by atoms with Crippen molar-refractivity contribution in [2.75, 3.05) is 18.1 Å². The third kappa shape index (κ3) is 5.26. The number of rotatable bonds is 5. The van der Waals surface area contributed by atoms with Gasteiger partial charge in [0, 0.05) is 17.5 Å². The van der Waals surface area contributed by atoms with Gasteiger partial charge < -0.3 is 5.32 Å². The molecule has 0 radical (unpaired) electrons. The van der Waals surface area contributed by atoms with Crippen LogP contribution >= 0.6 is 11.8 Å². The fourth-order valence-corrected chi connectivity index (χ4v) is 2.74. The van der Waals surface area contributed by atoms with Crippen molar-refractivity contribution in [3.8, 4) is 0 Å². The van der Waals surface area contributed by atoms with Crippen molar-refractivity contribution in [2.45, 2.75) is 46.6 Å². The zero-order valence-electron chi connectivity index (χ0n) is 10.1. The molecule has 1 N–H and O–H groups in total. The van der Waals surface area contributed by atoms with Crippen LogP contribution in [-0.2, 0) is 0 Å². The van der Waals surface area contributed by atoms with E-state index in [4.69, 9.17) is 0 Å². The Morgan fingerprint density at radius 1 is 1.36 bits per heavy atom. The monoisotopic (exact) mass is 215 g/mol. The second kappa shape index (κ2) is 5.41. The van der Waals surface area contributed by atoms with Crippen molar-refractivity contribution in [2.24, 2.45) is 11.3 Å². The summed E-state index contributed by atoms with van der Waals surface area (Å²) >= 11 is 2.05. The first-order valence-electron chi connectivity index (χ1n) is 5.78. The zero-order chi connectivity index (χ0) is 10.6. The molecule has 1 fully saturated rings. The predicted octanol–water partition coefficient (Wildman–Crippen LogP) is 3.15. The summed E-state index contributed by atoms with van der Waals surface area (Å²) in [5.41, 5.74) is 0.492.